The van der Waals surface area contributed by atoms with Crippen molar-refractivity contribution >= 4 is 44.9 Å². The molecule has 2 aliphatic rings. The summed E-state index contributed by atoms with van der Waals surface area (Å²) in [6.45, 7) is 3.98. The average molecular weight is 360 g/mol. The minimum atomic E-state index is 0.246. The molecule has 1 saturated heterocycles. The Kier molecular flexibility index (Phi) is 4.25. The number of likely N-dealkylation sites (tertiary alicyclic amines) is 1. The Morgan fingerprint density at radius 1 is 1.53 bits per heavy atom. The molecule has 2 nitrogen and oxygen atoms in total. The highest BCUT2D eigenvalue weighted by molar-refractivity contribution is 9.09. The van der Waals surface area contributed by atoms with Crippen molar-refractivity contribution < 1.29 is 4.79 Å². The number of halogens is 1. The summed E-state index contributed by atoms with van der Waals surface area (Å²) in [6.07, 6.45) is 2.20. The largest absolute Gasteiger partial charge is 0.338 e. The molecule has 0 bridgehead atoms. The third kappa shape index (κ3) is 2.88. The zero-order valence-electron chi connectivity index (χ0n) is 11.0. The quantitative estimate of drug-likeness (QED) is 0.711. The molecule has 1 aromatic heterocycles. The van der Waals surface area contributed by atoms with Gasteiger partial charge in [-0.1, -0.05) is 22.9 Å². The molecular formula is C14H18BrNOS2. The summed E-state index contributed by atoms with van der Waals surface area (Å²) < 4.78 is 0. The molecule has 1 amide bonds. The van der Waals surface area contributed by atoms with E-state index in [9.17, 15) is 4.79 Å². The predicted molar refractivity (Wildman–Crippen MR) is 86.6 cm³/mol. The maximum absolute atomic E-state index is 12.6. The van der Waals surface area contributed by atoms with Gasteiger partial charge in [0, 0.05) is 28.5 Å². The van der Waals surface area contributed by atoms with Crippen LogP contribution in [-0.2, 0) is 12.2 Å². The van der Waals surface area contributed by atoms with Gasteiger partial charge in [0.2, 0.25) is 0 Å². The van der Waals surface area contributed by atoms with E-state index in [4.69, 9.17) is 0 Å². The number of hydrogen-bond acceptors (Lipinski definition) is 3. The molecule has 0 aliphatic carbocycles. The number of alkyl halides is 1. The fourth-order valence-electron chi connectivity index (χ4n) is 2.71. The highest BCUT2D eigenvalue weighted by Crippen LogP contribution is 2.33. The van der Waals surface area contributed by atoms with Crippen molar-refractivity contribution in [2.45, 2.75) is 30.3 Å². The topological polar surface area (TPSA) is 20.3 Å². The van der Waals surface area contributed by atoms with Gasteiger partial charge in [0.25, 0.3) is 5.91 Å². The summed E-state index contributed by atoms with van der Waals surface area (Å²) in [5.74, 6) is 3.07. The number of carbonyl (C=O) groups excluding carboxylic acids is 1. The van der Waals surface area contributed by atoms with Gasteiger partial charge in [-0.2, -0.15) is 11.8 Å². The van der Waals surface area contributed by atoms with Crippen molar-refractivity contribution in [1.29, 1.82) is 0 Å². The first-order valence-corrected chi connectivity index (χ1v) is 9.66. The number of aryl methyl sites for hydroxylation is 1. The first-order chi connectivity index (χ1) is 9.15. The molecule has 104 valence electrons. The van der Waals surface area contributed by atoms with Crippen LogP contribution in [0.5, 0.6) is 0 Å². The van der Waals surface area contributed by atoms with E-state index in [1.54, 1.807) is 11.3 Å². The lowest BCUT2D eigenvalue weighted by atomic mass is 10.00. The van der Waals surface area contributed by atoms with E-state index in [0.717, 1.165) is 36.6 Å². The fourth-order valence-corrected chi connectivity index (χ4v) is 5.42. The Bertz CT molecular complexity index is 464. The van der Waals surface area contributed by atoms with E-state index in [-0.39, 0.29) is 5.91 Å². The first-order valence-electron chi connectivity index (χ1n) is 6.78. The van der Waals surface area contributed by atoms with Crippen LogP contribution in [0.2, 0.25) is 0 Å². The third-order valence-electron chi connectivity index (χ3n) is 3.93. The minimum Gasteiger partial charge on any atom is -0.338 e. The molecule has 2 atom stereocenters. The van der Waals surface area contributed by atoms with Crippen LogP contribution in [0, 0.1) is 5.92 Å². The van der Waals surface area contributed by atoms with Crippen LogP contribution < -0.4 is 0 Å². The number of thioether (sulfide) groups is 1. The monoisotopic (exact) mass is 359 g/mol. The maximum atomic E-state index is 12.6. The SMILES string of the molecule is CC1CN(C(=O)c2cc3c(s2)CCSC3)CCC1Br. The lowest BCUT2D eigenvalue weighted by molar-refractivity contribution is 0.0695. The van der Waals surface area contributed by atoms with Crippen molar-refractivity contribution in [3.63, 3.8) is 0 Å². The average Bonchev–Trinajstić information content (AvgIpc) is 2.85. The first kappa shape index (κ1) is 14.0. The van der Waals surface area contributed by atoms with E-state index < -0.39 is 0 Å². The molecule has 3 rings (SSSR count). The summed E-state index contributed by atoms with van der Waals surface area (Å²) in [4.78, 5) is 17.6. The molecule has 1 aromatic rings. The van der Waals surface area contributed by atoms with E-state index in [1.807, 2.05) is 16.7 Å². The molecule has 0 N–H and O–H groups in total. The third-order valence-corrected chi connectivity index (χ3v) is 7.52. The van der Waals surface area contributed by atoms with Gasteiger partial charge in [-0.15, -0.1) is 11.3 Å². The number of amides is 1. The van der Waals surface area contributed by atoms with Crippen LogP contribution in [0.3, 0.4) is 0 Å². The van der Waals surface area contributed by atoms with Crippen LogP contribution in [0.1, 0.15) is 33.5 Å². The van der Waals surface area contributed by atoms with E-state index in [2.05, 4.69) is 28.9 Å². The molecule has 0 saturated carbocycles. The molecule has 19 heavy (non-hydrogen) atoms. The van der Waals surface area contributed by atoms with E-state index in [1.165, 1.54) is 16.2 Å². The van der Waals surface area contributed by atoms with E-state index in [0.29, 0.717) is 10.7 Å². The zero-order chi connectivity index (χ0) is 13.4. The fraction of sp³-hybridized carbons (Fsp3) is 0.643. The standard InChI is InChI=1S/C14H18BrNOS2/c1-9-7-16(4-2-11(9)15)14(17)13-6-10-8-18-5-3-12(10)19-13/h6,9,11H,2-5,7-8H2,1H3. The molecule has 0 spiro atoms. The Morgan fingerprint density at radius 3 is 3.11 bits per heavy atom. The van der Waals surface area contributed by atoms with Crippen molar-refractivity contribution in [1.82, 2.24) is 4.90 Å². The summed E-state index contributed by atoms with van der Waals surface area (Å²) in [6, 6.07) is 2.14. The van der Waals surface area contributed by atoms with Gasteiger partial charge in [0.05, 0.1) is 4.88 Å². The Morgan fingerprint density at radius 2 is 2.37 bits per heavy atom. The van der Waals surface area contributed by atoms with Gasteiger partial charge < -0.3 is 4.90 Å². The Labute approximate surface area is 131 Å². The highest BCUT2D eigenvalue weighted by atomic mass is 79.9. The van der Waals surface area contributed by atoms with E-state index >= 15 is 0 Å². The number of carbonyl (C=O) groups is 1. The van der Waals surface area contributed by atoms with Crippen LogP contribution in [-0.4, -0.2) is 34.5 Å². The zero-order valence-corrected chi connectivity index (χ0v) is 14.2. The molecule has 0 radical (unpaired) electrons. The van der Waals surface area contributed by atoms with Crippen LogP contribution in [0.4, 0.5) is 0 Å². The maximum Gasteiger partial charge on any atom is 0.263 e. The van der Waals surface area contributed by atoms with Crippen molar-refractivity contribution in [2.24, 2.45) is 5.92 Å². The second-order valence-electron chi connectivity index (χ2n) is 5.39. The van der Waals surface area contributed by atoms with Crippen molar-refractivity contribution in [3.8, 4) is 0 Å². The number of thiophene rings is 1. The summed E-state index contributed by atoms with van der Waals surface area (Å²) in [7, 11) is 0. The Hall–Kier alpha value is -0.000000000000000111. The number of fused-ring (bicyclic) bond motifs is 1. The molecule has 2 unspecified atom stereocenters. The molecule has 3 heterocycles. The highest BCUT2D eigenvalue weighted by Gasteiger charge is 2.29. The van der Waals surface area contributed by atoms with Crippen LogP contribution in [0.25, 0.3) is 0 Å². The summed E-state index contributed by atoms with van der Waals surface area (Å²) in [5.41, 5.74) is 1.40. The van der Waals surface area contributed by atoms with Crippen LogP contribution in [0.15, 0.2) is 6.07 Å². The van der Waals surface area contributed by atoms with Gasteiger partial charge >= 0.3 is 0 Å². The molecule has 1 fully saturated rings. The molecule has 2 aliphatic heterocycles. The molecule has 5 heteroatoms. The lowest BCUT2D eigenvalue weighted by Gasteiger charge is -2.34. The van der Waals surface area contributed by atoms with Crippen LogP contribution >= 0.6 is 39.0 Å². The molecular weight excluding hydrogens is 342 g/mol. The van der Waals surface area contributed by atoms with Gasteiger partial charge in [-0.3, -0.25) is 4.79 Å². The number of nitrogens with zero attached hydrogens (tertiary/aromatic N) is 1. The summed E-state index contributed by atoms with van der Waals surface area (Å²) >= 11 is 7.39. The Balaban J connectivity index is 1.75. The predicted octanol–water partition coefficient (Wildman–Crippen LogP) is 3.78. The van der Waals surface area contributed by atoms with Crippen molar-refractivity contribution in [2.75, 3.05) is 18.8 Å². The second-order valence-corrected chi connectivity index (χ2v) is 8.81. The second kappa shape index (κ2) is 5.78. The molecule has 0 aromatic carbocycles. The lowest BCUT2D eigenvalue weighted by Crippen LogP contribution is -2.43. The summed E-state index contributed by atoms with van der Waals surface area (Å²) in [5, 5.41) is 0. The number of piperidine rings is 1. The number of hydrogen-bond donors (Lipinski definition) is 0. The van der Waals surface area contributed by atoms with Gasteiger partial charge in [-0.25, -0.2) is 0 Å². The van der Waals surface area contributed by atoms with Gasteiger partial charge in [-0.05, 0) is 36.1 Å². The van der Waals surface area contributed by atoms with Gasteiger partial charge in [0.1, 0.15) is 0 Å². The van der Waals surface area contributed by atoms with Crippen molar-refractivity contribution in [3.05, 3.63) is 21.4 Å². The normalized spacial score (nSPS) is 27.2. The number of rotatable bonds is 1. The minimum absolute atomic E-state index is 0.246. The van der Waals surface area contributed by atoms with Gasteiger partial charge in [0.15, 0.2) is 0 Å². The smallest absolute Gasteiger partial charge is 0.263 e.